The van der Waals surface area contributed by atoms with Gasteiger partial charge >= 0.3 is 24.4 Å². The van der Waals surface area contributed by atoms with Gasteiger partial charge in [-0.05, 0) is 154 Å². The summed E-state index contributed by atoms with van der Waals surface area (Å²) in [6.45, 7) is 16.3. The molecule has 1 aromatic heterocycles. The van der Waals surface area contributed by atoms with Crippen LogP contribution in [0, 0.1) is 0 Å². The third-order valence-corrected chi connectivity index (χ3v) is 23.7. The molecule has 3 unspecified atom stereocenters. The summed E-state index contributed by atoms with van der Waals surface area (Å²) in [5, 5.41) is 3.46. The van der Waals surface area contributed by atoms with Gasteiger partial charge < -0.3 is 48.7 Å². The molecule has 118 heavy (non-hydrogen) atoms. The molecular formula is C96H94Br5N7O10. The number of nitrogens with zero attached hydrogens (tertiary/aromatic N) is 6. The van der Waals surface area contributed by atoms with E-state index in [2.05, 4.69) is 175 Å². The highest BCUT2D eigenvalue weighted by Crippen LogP contribution is 2.40. The molecule has 4 fully saturated rings. The van der Waals surface area contributed by atoms with Crippen molar-refractivity contribution in [2.24, 2.45) is 4.99 Å². The van der Waals surface area contributed by atoms with Crippen molar-refractivity contribution in [2.45, 2.75) is 87.7 Å². The number of ether oxygens (including phenoxy) is 4. The molecule has 4 amide bonds. The number of benzene rings is 9. The Labute approximate surface area is 733 Å². The fourth-order valence-electron chi connectivity index (χ4n) is 14.4. The molecule has 17 nitrogen and oxygen atoms in total. The Balaban J connectivity index is 0.000000142. The van der Waals surface area contributed by atoms with E-state index < -0.39 is 5.41 Å². The van der Waals surface area contributed by atoms with E-state index in [0.717, 1.165) is 100 Å². The lowest BCUT2D eigenvalue weighted by Crippen LogP contribution is -2.38. The standard InChI is InChI=1S/C20H20BrNO2.C19H18BrNO3.C19H18BrNO2.C19H19N3.C13H15NO3.C6H4Br2/c1-2-20(17-9-6-10-18(21)13-17)11-12-22(15-20)19(23)24-14-16-7-4-3-5-8-16;20-17-8-4-7-16(11-17)19(14-22)9-10-21(13-19)18(23)24-12-15-5-2-1-3-6-15;20-18-8-4-7-17(13-18)16-9-11-21(12-10-16)19(22)23-14-15-5-2-1-3-6-15;1-2-19(7-9-20-13-19)15-5-3-4-14(10-15)16-6-8-22-18-12-21-11-17(16)18;15-12-6-8-14(9-7-12)13(16)17-10-11-4-2-1-3-5-11;7-5-2-1-3-6(8)4-5/h2-10,13H,1,11-12,14-15H2;1-8,11,14H,9-10,12-13H2;1-9,13H,10-12,14H2;2-6,8,10-11,20H,1,7,9,12-13H2;1-5H,6-10H2;1-4H. The number of aromatic nitrogens is 1. The first-order valence-corrected chi connectivity index (χ1v) is 43.1. The maximum atomic E-state index is 12.4. The fraction of sp³-hybridized carbons (Fsp3) is 0.250. The summed E-state index contributed by atoms with van der Waals surface area (Å²) in [6.07, 6.45) is 14.0. The second-order valence-corrected chi connectivity index (χ2v) is 33.7. The highest BCUT2D eigenvalue weighted by atomic mass is 79.9. The number of Topliss-reactive ketones (excluding diaryl/α,β-unsaturated/α-hetero) is 1. The van der Waals surface area contributed by atoms with Gasteiger partial charge in [-0.15, -0.1) is 13.2 Å². The van der Waals surface area contributed by atoms with E-state index >= 15 is 0 Å². The quantitative estimate of drug-likeness (QED) is 0.0548. The monoisotopic (exact) mass is 1900 g/mol. The number of carbonyl (C=O) groups excluding carboxylic acids is 6. The SMILES string of the molecule is Brc1cccc(Br)c1.C=CC1(c2cccc(-c3ccnc4c3C=NC4)c2)CCNC1.C=CC1(c2cccc(Br)c2)CCN(C(=O)OCc2ccccc2)C1.O=C(OCc1ccccc1)N1CC=C(c2cccc(Br)c2)CC1.O=C1CCN(C(=O)OCc2ccccc2)CC1.O=CC1(c2cccc(Br)c2)CCN(C(=O)OCc2ccccc2)C1. The average Bonchev–Trinajstić information content (AvgIpc) is 1.62. The van der Waals surface area contributed by atoms with Crippen molar-refractivity contribution in [3.8, 4) is 11.1 Å². The maximum Gasteiger partial charge on any atom is 0.410 e. The van der Waals surface area contributed by atoms with E-state index in [-0.39, 0.29) is 54.2 Å². The number of nitrogens with one attached hydrogen (secondary N) is 1. The molecule has 0 bridgehead atoms. The summed E-state index contributed by atoms with van der Waals surface area (Å²) in [4.78, 5) is 86.8. The third-order valence-electron chi connectivity index (χ3n) is 21.2. The minimum Gasteiger partial charge on any atom is -0.445 e. The van der Waals surface area contributed by atoms with E-state index in [1.54, 1.807) is 19.6 Å². The fourth-order valence-corrected chi connectivity index (χ4v) is 16.7. The molecule has 4 saturated heterocycles. The summed E-state index contributed by atoms with van der Waals surface area (Å²) < 4.78 is 26.6. The van der Waals surface area contributed by atoms with Gasteiger partial charge in [0.05, 0.1) is 17.7 Å². The van der Waals surface area contributed by atoms with Crippen molar-refractivity contribution in [3.05, 3.63) is 364 Å². The van der Waals surface area contributed by atoms with Crippen molar-refractivity contribution in [2.75, 3.05) is 65.4 Å². The summed E-state index contributed by atoms with van der Waals surface area (Å²) in [5.74, 6) is 0.220. The van der Waals surface area contributed by atoms with Gasteiger partial charge in [0.15, 0.2) is 0 Å². The highest BCUT2D eigenvalue weighted by molar-refractivity contribution is 9.11. The summed E-state index contributed by atoms with van der Waals surface area (Å²) >= 11 is 17.1. The Hall–Kier alpha value is -10.2. The molecule has 3 atom stereocenters. The number of carbonyl (C=O) groups is 6. The Morgan fingerprint density at radius 3 is 1.31 bits per heavy atom. The van der Waals surface area contributed by atoms with Crippen LogP contribution in [0.4, 0.5) is 19.2 Å². The number of piperidine rings is 1. The van der Waals surface area contributed by atoms with Crippen molar-refractivity contribution in [1.82, 2.24) is 29.9 Å². The molecule has 0 spiro atoms. The molecule has 7 heterocycles. The van der Waals surface area contributed by atoms with Gasteiger partial charge in [0.25, 0.3) is 0 Å². The topological polar surface area (TPSA) is 190 Å². The lowest BCUT2D eigenvalue weighted by molar-refractivity contribution is -0.121. The lowest BCUT2D eigenvalue weighted by Gasteiger charge is -2.26. The number of pyridine rings is 1. The van der Waals surface area contributed by atoms with Crippen molar-refractivity contribution >= 4 is 128 Å². The van der Waals surface area contributed by atoms with Crippen molar-refractivity contribution < 1.29 is 47.7 Å². The zero-order valence-electron chi connectivity index (χ0n) is 65.6. The lowest BCUT2D eigenvalue weighted by atomic mass is 9.79. The average molecular weight is 1910 g/mol. The molecule has 0 radical (unpaired) electrons. The zero-order chi connectivity index (χ0) is 83.1. The number of hydrogen-bond acceptors (Lipinski definition) is 13. The summed E-state index contributed by atoms with van der Waals surface area (Å²) in [6, 6.07) is 81.6. The number of likely N-dealkylation sites (tertiary alicyclic amines) is 3. The largest absolute Gasteiger partial charge is 0.445 e. The molecule has 16 rings (SSSR count). The first-order chi connectivity index (χ1) is 57.3. The van der Waals surface area contributed by atoms with Crippen molar-refractivity contribution in [3.63, 3.8) is 0 Å². The van der Waals surface area contributed by atoms with Crippen LogP contribution in [0.15, 0.2) is 314 Å². The third kappa shape index (κ3) is 25.4. The van der Waals surface area contributed by atoms with Crippen molar-refractivity contribution in [1.29, 1.82) is 0 Å². The summed E-state index contributed by atoms with van der Waals surface area (Å²) in [7, 11) is 0. The van der Waals surface area contributed by atoms with Crippen LogP contribution < -0.4 is 5.32 Å². The molecule has 6 aliphatic rings. The van der Waals surface area contributed by atoms with Gasteiger partial charge in [0.1, 0.15) is 38.5 Å². The second-order valence-electron chi connectivity index (χ2n) is 29.1. The van der Waals surface area contributed by atoms with E-state index in [4.69, 9.17) is 18.9 Å². The van der Waals surface area contributed by atoms with Crippen LogP contribution in [0.3, 0.4) is 0 Å². The molecular weight excluding hydrogens is 1810 g/mol. The number of hydrogen-bond donors (Lipinski definition) is 1. The number of ketones is 1. The van der Waals surface area contributed by atoms with Gasteiger partial charge in [-0.25, -0.2) is 19.2 Å². The Morgan fingerprint density at radius 2 is 0.864 bits per heavy atom. The van der Waals surface area contributed by atoms with Crippen LogP contribution >= 0.6 is 79.6 Å². The second kappa shape index (κ2) is 44.6. The number of amides is 4. The first-order valence-electron chi connectivity index (χ1n) is 39.1. The molecule has 6 aliphatic heterocycles. The van der Waals surface area contributed by atoms with Crippen LogP contribution in [-0.2, 0) is 77.8 Å². The van der Waals surface area contributed by atoms with E-state index in [9.17, 15) is 28.8 Å². The number of fused-ring (bicyclic) bond motifs is 1. The predicted molar refractivity (Wildman–Crippen MR) is 483 cm³/mol. The minimum absolute atomic E-state index is 0.0559. The van der Waals surface area contributed by atoms with E-state index in [0.29, 0.717) is 91.4 Å². The van der Waals surface area contributed by atoms with Gasteiger partial charge in [0.2, 0.25) is 0 Å². The Bertz CT molecular complexity index is 4960. The van der Waals surface area contributed by atoms with Crippen LogP contribution in [-0.4, -0.2) is 133 Å². The molecule has 608 valence electrons. The molecule has 22 heteroatoms. The van der Waals surface area contributed by atoms with Crippen LogP contribution in [0.25, 0.3) is 16.7 Å². The van der Waals surface area contributed by atoms with E-state index in [1.807, 2.05) is 213 Å². The van der Waals surface area contributed by atoms with Crippen LogP contribution in [0.5, 0.6) is 0 Å². The minimum atomic E-state index is -0.657. The molecule has 0 aliphatic carbocycles. The van der Waals surface area contributed by atoms with Crippen LogP contribution in [0.1, 0.15) is 94.3 Å². The maximum absolute atomic E-state index is 12.4. The van der Waals surface area contributed by atoms with Gasteiger partial charge in [-0.2, -0.15) is 0 Å². The molecule has 1 N–H and O–H groups in total. The molecule has 9 aromatic carbocycles. The van der Waals surface area contributed by atoms with Gasteiger partial charge in [0, 0.05) is 123 Å². The summed E-state index contributed by atoms with van der Waals surface area (Å²) in [5.41, 5.74) is 13.7. The Morgan fingerprint density at radius 1 is 0.441 bits per heavy atom. The zero-order valence-corrected chi connectivity index (χ0v) is 73.5. The molecule has 0 saturated carbocycles. The number of halogens is 5. The highest BCUT2D eigenvalue weighted by Gasteiger charge is 2.43. The van der Waals surface area contributed by atoms with E-state index in [1.165, 1.54) is 33.4 Å². The number of rotatable bonds is 16. The predicted octanol–water partition coefficient (Wildman–Crippen LogP) is 22.0. The number of aldehydes is 1. The van der Waals surface area contributed by atoms with Gasteiger partial charge in [-0.1, -0.05) is 286 Å². The first kappa shape index (κ1) is 88.6. The smallest absolute Gasteiger partial charge is 0.410 e. The normalized spacial score (nSPS) is 18.0. The Kier molecular flexibility index (Phi) is 33.5. The van der Waals surface area contributed by atoms with Gasteiger partial charge in [-0.3, -0.25) is 14.8 Å². The number of aliphatic imine (C=N–C) groups is 1. The molecule has 10 aromatic rings. The van der Waals surface area contributed by atoms with Crippen LogP contribution in [0.2, 0.25) is 0 Å².